The van der Waals surface area contributed by atoms with Crippen LogP contribution in [0.25, 0.3) is 0 Å². The molecule has 0 aromatic rings. The third kappa shape index (κ3) is 5.65. The minimum atomic E-state index is -0.577. The first kappa shape index (κ1) is 21.3. The third-order valence-electron chi connectivity index (χ3n) is 4.43. The van der Waals surface area contributed by atoms with Crippen molar-refractivity contribution in [2.75, 3.05) is 34.5 Å². The van der Waals surface area contributed by atoms with Gasteiger partial charge in [-0.15, -0.1) is 6.58 Å². The highest BCUT2D eigenvalue weighted by Crippen LogP contribution is 2.29. The summed E-state index contributed by atoms with van der Waals surface area (Å²) in [5, 5.41) is 9.07. The van der Waals surface area contributed by atoms with Crippen molar-refractivity contribution in [2.24, 2.45) is 0 Å². The average molecular weight is 344 g/mol. The number of aliphatic hydroxyl groups excluding tert-OH is 1. The Morgan fingerprint density at radius 3 is 2.42 bits per heavy atom. The van der Waals surface area contributed by atoms with E-state index in [2.05, 4.69) is 6.58 Å². The summed E-state index contributed by atoms with van der Waals surface area (Å²) >= 11 is 0. The van der Waals surface area contributed by atoms with E-state index >= 15 is 0 Å². The van der Waals surface area contributed by atoms with Gasteiger partial charge in [-0.3, -0.25) is 0 Å². The third-order valence-corrected chi connectivity index (χ3v) is 4.43. The van der Waals surface area contributed by atoms with Crippen LogP contribution in [0.4, 0.5) is 0 Å². The second-order valence-electron chi connectivity index (χ2n) is 6.26. The van der Waals surface area contributed by atoms with Gasteiger partial charge < -0.3 is 28.8 Å². The van der Waals surface area contributed by atoms with Crippen molar-refractivity contribution in [2.45, 2.75) is 56.9 Å². The molecule has 0 radical (unpaired) electrons. The summed E-state index contributed by atoms with van der Waals surface area (Å²) in [6.45, 7) is 8.18. The highest BCUT2D eigenvalue weighted by molar-refractivity contribution is 5.02. The first-order chi connectivity index (χ1) is 11.4. The fourth-order valence-corrected chi connectivity index (χ4v) is 2.72. The van der Waals surface area contributed by atoms with Crippen LogP contribution in [0.1, 0.15) is 26.7 Å². The second-order valence-corrected chi connectivity index (χ2v) is 6.26. The maximum atomic E-state index is 9.07. The first-order valence-corrected chi connectivity index (χ1v) is 8.22. The molecule has 1 rings (SSSR count). The van der Waals surface area contributed by atoms with Gasteiger partial charge in [0.1, 0.15) is 18.3 Å². The lowest BCUT2D eigenvalue weighted by Crippen LogP contribution is -2.57. The lowest BCUT2D eigenvalue weighted by atomic mass is 9.98. The van der Waals surface area contributed by atoms with Crippen LogP contribution >= 0.6 is 0 Å². The normalized spacial score (nSPS) is 30.8. The highest BCUT2D eigenvalue weighted by atomic mass is 16.7. The summed E-state index contributed by atoms with van der Waals surface area (Å²) in [5.41, 5.74) is 0.360. The van der Waals surface area contributed by atoms with Crippen molar-refractivity contribution < 1.29 is 28.8 Å². The van der Waals surface area contributed by atoms with E-state index < -0.39 is 18.0 Å². The SMILES string of the molecule is C=CC(C)(CC/C=C(\C)CO)OC1OCC(OC)C(OC)C1OC. The Hall–Kier alpha value is -0.760. The molecule has 0 spiro atoms. The van der Waals surface area contributed by atoms with Crippen molar-refractivity contribution in [3.63, 3.8) is 0 Å². The van der Waals surface area contributed by atoms with Crippen molar-refractivity contribution in [3.05, 3.63) is 24.3 Å². The maximum Gasteiger partial charge on any atom is 0.187 e. The Morgan fingerprint density at radius 1 is 1.25 bits per heavy atom. The lowest BCUT2D eigenvalue weighted by molar-refractivity contribution is -0.303. The molecule has 5 unspecified atom stereocenters. The van der Waals surface area contributed by atoms with E-state index in [1.54, 1.807) is 27.4 Å². The Balaban J connectivity index is 2.77. The van der Waals surface area contributed by atoms with Gasteiger partial charge in [-0.2, -0.15) is 0 Å². The first-order valence-electron chi connectivity index (χ1n) is 8.22. The minimum absolute atomic E-state index is 0.0665. The quantitative estimate of drug-likeness (QED) is 0.612. The number of allylic oxidation sites excluding steroid dienone is 1. The van der Waals surface area contributed by atoms with Crippen molar-refractivity contribution in [1.29, 1.82) is 0 Å². The Bertz CT molecular complexity index is 410. The van der Waals surface area contributed by atoms with E-state index in [4.69, 9.17) is 28.8 Å². The molecular formula is C18H32O6. The number of methoxy groups -OCH3 is 3. The van der Waals surface area contributed by atoms with E-state index in [9.17, 15) is 0 Å². The number of rotatable bonds is 10. The number of aliphatic hydroxyl groups is 1. The van der Waals surface area contributed by atoms with Crippen molar-refractivity contribution in [3.8, 4) is 0 Å². The molecule has 24 heavy (non-hydrogen) atoms. The zero-order valence-corrected chi connectivity index (χ0v) is 15.5. The van der Waals surface area contributed by atoms with Crippen LogP contribution in [0, 0.1) is 0 Å². The van der Waals surface area contributed by atoms with Gasteiger partial charge in [0.05, 0.1) is 18.8 Å². The molecule has 1 N–H and O–H groups in total. The monoisotopic (exact) mass is 344 g/mol. The topological polar surface area (TPSA) is 66.4 Å². The molecule has 0 aromatic heterocycles. The summed E-state index contributed by atoms with van der Waals surface area (Å²) in [4.78, 5) is 0. The van der Waals surface area contributed by atoms with Crippen LogP contribution in [0.15, 0.2) is 24.3 Å². The van der Waals surface area contributed by atoms with E-state index in [0.29, 0.717) is 6.61 Å². The molecule has 1 saturated heterocycles. The largest absolute Gasteiger partial charge is 0.392 e. The highest BCUT2D eigenvalue weighted by Gasteiger charge is 2.44. The van der Waals surface area contributed by atoms with E-state index in [1.165, 1.54) is 0 Å². The van der Waals surface area contributed by atoms with Gasteiger partial charge in [-0.1, -0.05) is 17.7 Å². The number of ether oxygens (including phenoxy) is 5. The van der Waals surface area contributed by atoms with Gasteiger partial charge in [0.2, 0.25) is 0 Å². The molecule has 1 aliphatic rings. The van der Waals surface area contributed by atoms with Gasteiger partial charge in [0.15, 0.2) is 6.29 Å². The van der Waals surface area contributed by atoms with Gasteiger partial charge in [0.25, 0.3) is 0 Å². The van der Waals surface area contributed by atoms with Gasteiger partial charge in [-0.05, 0) is 26.7 Å². The maximum absolute atomic E-state index is 9.07. The van der Waals surface area contributed by atoms with E-state index in [0.717, 1.165) is 18.4 Å². The molecule has 140 valence electrons. The number of hydrogen-bond acceptors (Lipinski definition) is 6. The molecule has 0 amide bonds. The smallest absolute Gasteiger partial charge is 0.187 e. The molecule has 1 heterocycles. The molecule has 6 heteroatoms. The predicted molar refractivity (Wildman–Crippen MR) is 91.9 cm³/mol. The molecule has 0 bridgehead atoms. The molecule has 0 aromatic carbocycles. The van der Waals surface area contributed by atoms with Crippen LogP contribution in [-0.4, -0.2) is 69.9 Å². The molecular weight excluding hydrogens is 312 g/mol. The molecule has 5 atom stereocenters. The van der Waals surface area contributed by atoms with Crippen molar-refractivity contribution in [1.82, 2.24) is 0 Å². The summed E-state index contributed by atoms with van der Waals surface area (Å²) < 4.78 is 28.5. The zero-order chi connectivity index (χ0) is 18.2. The van der Waals surface area contributed by atoms with Gasteiger partial charge in [0, 0.05) is 21.3 Å². The van der Waals surface area contributed by atoms with Crippen LogP contribution < -0.4 is 0 Å². The van der Waals surface area contributed by atoms with Crippen LogP contribution in [-0.2, 0) is 23.7 Å². The Kier molecular flexibility index (Phi) is 9.12. The fourth-order valence-electron chi connectivity index (χ4n) is 2.72. The number of hydrogen-bond donors (Lipinski definition) is 1. The van der Waals surface area contributed by atoms with Crippen LogP contribution in [0.2, 0.25) is 0 Å². The van der Waals surface area contributed by atoms with E-state index in [1.807, 2.05) is 19.9 Å². The molecule has 0 aliphatic carbocycles. The predicted octanol–water partition coefficient (Wildman–Crippen LogP) is 2.07. The minimum Gasteiger partial charge on any atom is -0.392 e. The van der Waals surface area contributed by atoms with Crippen molar-refractivity contribution >= 4 is 0 Å². The summed E-state index contributed by atoms with van der Waals surface area (Å²) in [6, 6.07) is 0. The Morgan fingerprint density at radius 2 is 1.92 bits per heavy atom. The summed E-state index contributed by atoms with van der Waals surface area (Å²) in [7, 11) is 4.85. The second kappa shape index (κ2) is 10.3. The standard InChI is InChI=1S/C18H32O6/c1-7-18(3,10-8-9-13(2)11-19)24-17-16(22-6)15(21-5)14(20-4)12-23-17/h7,9,14-17,19H,1,8,10-12H2,2-6H3/b13-9+. The summed E-state index contributed by atoms with van der Waals surface area (Å²) in [6.07, 6.45) is 3.81. The molecule has 6 nitrogen and oxygen atoms in total. The molecule has 0 saturated carbocycles. The zero-order valence-electron chi connectivity index (χ0n) is 15.5. The lowest BCUT2D eigenvalue weighted by Gasteiger charge is -2.43. The molecule has 1 fully saturated rings. The fraction of sp³-hybridized carbons (Fsp3) is 0.778. The van der Waals surface area contributed by atoms with E-state index in [-0.39, 0.29) is 18.8 Å². The van der Waals surface area contributed by atoms with Gasteiger partial charge >= 0.3 is 0 Å². The molecule has 1 aliphatic heterocycles. The van der Waals surface area contributed by atoms with Crippen LogP contribution in [0.3, 0.4) is 0 Å². The van der Waals surface area contributed by atoms with Gasteiger partial charge in [-0.25, -0.2) is 0 Å². The average Bonchev–Trinajstić information content (AvgIpc) is 2.60. The summed E-state index contributed by atoms with van der Waals surface area (Å²) in [5.74, 6) is 0. The Labute approximate surface area is 145 Å². The van der Waals surface area contributed by atoms with Crippen LogP contribution in [0.5, 0.6) is 0 Å².